The lowest BCUT2D eigenvalue weighted by Crippen LogP contribution is -2.36. The van der Waals surface area contributed by atoms with Crippen LogP contribution in [-0.2, 0) is 16.1 Å². The highest BCUT2D eigenvalue weighted by Crippen LogP contribution is 2.15. The summed E-state index contributed by atoms with van der Waals surface area (Å²) < 4.78 is 0. The summed E-state index contributed by atoms with van der Waals surface area (Å²) in [5.41, 5.74) is 6.15. The fourth-order valence-electron chi connectivity index (χ4n) is 1.90. The Balaban J connectivity index is 2.00. The smallest absolute Gasteiger partial charge is 0.259 e. The molecule has 1 aliphatic rings. The number of aliphatic hydroxyl groups is 1. The molecule has 1 heterocycles. The number of primary amides is 1. The summed E-state index contributed by atoms with van der Waals surface area (Å²) in [5.74, 6) is -1.14. The zero-order chi connectivity index (χ0) is 14.5. The van der Waals surface area contributed by atoms with E-state index in [0.717, 1.165) is 5.56 Å². The van der Waals surface area contributed by atoms with Crippen LogP contribution in [0.15, 0.2) is 46.7 Å². The molecule has 0 radical (unpaired) electrons. The van der Waals surface area contributed by atoms with Crippen LogP contribution < -0.4 is 5.73 Å². The van der Waals surface area contributed by atoms with E-state index in [1.165, 1.54) is 11.1 Å². The van der Waals surface area contributed by atoms with E-state index in [4.69, 9.17) is 5.73 Å². The van der Waals surface area contributed by atoms with Gasteiger partial charge in [-0.2, -0.15) is 0 Å². The maximum Gasteiger partial charge on any atom is 0.259 e. The molecule has 104 valence electrons. The summed E-state index contributed by atoms with van der Waals surface area (Å²) in [6.45, 7) is 0.202. The molecule has 1 aromatic rings. The molecule has 2 rings (SSSR count). The van der Waals surface area contributed by atoms with Gasteiger partial charge in [-0.05, 0) is 5.56 Å². The van der Waals surface area contributed by atoms with Gasteiger partial charge in [0.25, 0.3) is 5.91 Å². The van der Waals surface area contributed by atoms with Crippen LogP contribution in [0.1, 0.15) is 5.56 Å². The molecular weight excluding hydrogens is 258 g/mol. The minimum Gasteiger partial charge on any atom is -0.510 e. The summed E-state index contributed by atoms with van der Waals surface area (Å²) >= 11 is 0. The number of aliphatic hydroxyl groups excluding tert-OH is 1. The number of hydrogen-bond acceptors (Lipinski definition) is 4. The van der Waals surface area contributed by atoms with Gasteiger partial charge < -0.3 is 15.7 Å². The number of aliphatic imine (C=N–C) groups is 1. The molecule has 0 saturated heterocycles. The average Bonchev–Trinajstić information content (AvgIpc) is 2.67. The predicted molar refractivity (Wildman–Crippen MR) is 74.1 cm³/mol. The highest BCUT2D eigenvalue weighted by Gasteiger charge is 2.29. The molecule has 0 aromatic heterocycles. The minimum absolute atomic E-state index is 0.00549. The van der Waals surface area contributed by atoms with Crippen molar-refractivity contribution in [1.29, 1.82) is 0 Å². The lowest BCUT2D eigenvalue weighted by molar-refractivity contribution is -0.130. The van der Waals surface area contributed by atoms with Gasteiger partial charge in [0, 0.05) is 6.21 Å². The molecule has 3 N–H and O–H groups in total. The summed E-state index contributed by atoms with van der Waals surface area (Å²) in [5, 5.41) is 9.71. The van der Waals surface area contributed by atoms with Crippen molar-refractivity contribution >= 4 is 18.0 Å². The van der Waals surface area contributed by atoms with Crippen LogP contribution in [0.3, 0.4) is 0 Å². The third-order valence-corrected chi connectivity index (χ3v) is 2.85. The number of rotatable bonds is 5. The Morgan fingerprint density at radius 3 is 2.75 bits per heavy atom. The average molecular weight is 273 g/mol. The van der Waals surface area contributed by atoms with Crippen molar-refractivity contribution in [2.45, 2.75) is 6.54 Å². The van der Waals surface area contributed by atoms with Crippen LogP contribution in [0, 0.1) is 0 Å². The second-order valence-electron chi connectivity index (χ2n) is 4.44. The molecule has 0 spiro atoms. The monoisotopic (exact) mass is 273 g/mol. The summed E-state index contributed by atoms with van der Waals surface area (Å²) in [6.07, 6.45) is 1.34. The molecule has 2 amide bonds. The van der Waals surface area contributed by atoms with Crippen molar-refractivity contribution < 1.29 is 14.7 Å². The maximum atomic E-state index is 11.9. The first-order valence-corrected chi connectivity index (χ1v) is 6.11. The Morgan fingerprint density at radius 2 is 2.10 bits per heavy atom. The highest BCUT2D eigenvalue weighted by molar-refractivity contribution is 6.14. The van der Waals surface area contributed by atoms with E-state index in [0.29, 0.717) is 6.54 Å². The summed E-state index contributed by atoms with van der Waals surface area (Å²) in [7, 11) is 0. The molecule has 0 bridgehead atoms. The Bertz CT molecular complexity index is 579. The zero-order valence-electron chi connectivity index (χ0n) is 10.8. The first-order valence-electron chi connectivity index (χ1n) is 6.11. The Labute approximate surface area is 116 Å². The third-order valence-electron chi connectivity index (χ3n) is 2.85. The van der Waals surface area contributed by atoms with E-state index in [2.05, 4.69) is 4.99 Å². The highest BCUT2D eigenvalue weighted by atomic mass is 16.3. The van der Waals surface area contributed by atoms with Crippen molar-refractivity contribution in [3.63, 3.8) is 0 Å². The number of carbonyl (C=O) groups excluding carboxylic acids is 2. The molecule has 1 aromatic carbocycles. The van der Waals surface area contributed by atoms with Gasteiger partial charge in [0.2, 0.25) is 5.91 Å². The second kappa shape index (κ2) is 6.01. The molecule has 0 fully saturated rings. The van der Waals surface area contributed by atoms with Crippen molar-refractivity contribution in [1.82, 2.24) is 4.90 Å². The lowest BCUT2D eigenvalue weighted by atomic mass is 10.2. The van der Waals surface area contributed by atoms with E-state index in [9.17, 15) is 14.7 Å². The van der Waals surface area contributed by atoms with Crippen molar-refractivity contribution in [3.05, 3.63) is 47.2 Å². The Morgan fingerprint density at radius 1 is 1.40 bits per heavy atom. The van der Waals surface area contributed by atoms with Gasteiger partial charge in [-0.3, -0.25) is 14.6 Å². The zero-order valence-corrected chi connectivity index (χ0v) is 10.8. The standard InChI is InChI=1S/C14H15N3O3/c15-13(19)9-17-8-12(18)11(14(17)20)7-16-6-10-4-2-1-3-5-10/h1-5,7,18H,6,8-9H2,(H2,15,19). The molecule has 20 heavy (non-hydrogen) atoms. The van der Waals surface area contributed by atoms with E-state index >= 15 is 0 Å². The van der Waals surface area contributed by atoms with Crippen LogP contribution in [0.25, 0.3) is 0 Å². The number of benzene rings is 1. The van der Waals surface area contributed by atoms with Crippen molar-refractivity contribution in [3.8, 4) is 0 Å². The SMILES string of the molecule is NC(=O)CN1CC(O)=C(C=NCc2ccccc2)C1=O. The molecule has 6 nitrogen and oxygen atoms in total. The molecular formula is C14H15N3O3. The fraction of sp³-hybridized carbons (Fsp3) is 0.214. The van der Waals surface area contributed by atoms with Crippen LogP contribution >= 0.6 is 0 Å². The van der Waals surface area contributed by atoms with E-state index in [1.807, 2.05) is 30.3 Å². The van der Waals surface area contributed by atoms with Crippen LogP contribution in [0.2, 0.25) is 0 Å². The Kier molecular flexibility index (Phi) is 4.14. The molecule has 0 atom stereocenters. The quantitative estimate of drug-likeness (QED) is 0.760. The molecule has 6 heteroatoms. The minimum atomic E-state index is -0.617. The van der Waals surface area contributed by atoms with Gasteiger partial charge in [0.1, 0.15) is 12.3 Å². The number of hydrogen-bond donors (Lipinski definition) is 2. The van der Waals surface area contributed by atoms with Crippen LogP contribution in [0.5, 0.6) is 0 Å². The van der Waals surface area contributed by atoms with Gasteiger partial charge in [-0.15, -0.1) is 0 Å². The lowest BCUT2D eigenvalue weighted by Gasteiger charge is -2.12. The first-order chi connectivity index (χ1) is 9.58. The van der Waals surface area contributed by atoms with Gasteiger partial charge in [-0.25, -0.2) is 0 Å². The largest absolute Gasteiger partial charge is 0.510 e. The van der Waals surface area contributed by atoms with Gasteiger partial charge in [0.05, 0.1) is 18.7 Å². The van der Waals surface area contributed by atoms with Gasteiger partial charge >= 0.3 is 0 Å². The van der Waals surface area contributed by atoms with E-state index in [1.54, 1.807) is 0 Å². The first kappa shape index (κ1) is 13.8. The summed E-state index contributed by atoms with van der Waals surface area (Å²) in [6, 6.07) is 9.54. The van der Waals surface area contributed by atoms with E-state index in [-0.39, 0.29) is 24.4 Å². The molecule has 0 saturated carbocycles. The molecule has 1 aliphatic heterocycles. The number of nitrogens with zero attached hydrogens (tertiary/aromatic N) is 2. The maximum absolute atomic E-state index is 11.9. The van der Waals surface area contributed by atoms with Crippen LogP contribution in [-0.4, -0.2) is 41.1 Å². The number of carbonyl (C=O) groups is 2. The van der Waals surface area contributed by atoms with Gasteiger partial charge in [-0.1, -0.05) is 30.3 Å². The normalized spacial score (nSPS) is 15.4. The van der Waals surface area contributed by atoms with Gasteiger partial charge in [0.15, 0.2) is 0 Å². The number of amides is 2. The van der Waals surface area contributed by atoms with Crippen molar-refractivity contribution in [2.24, 2.45) is 10.7 Å². The topological polar surface area (TPSA) is 96.0 Å². The second-order valence-corrected chi connectivity index (χ2v) is 4.44. The fourth-order valence-corrected chi connectivity index (χ4v) is 1.90. The van der Waals surface area contributed by atoms with Crippen LogP contribution in [0.4, 0.5) is 0 Å². The third kappa shape index (κ3) is 3.23. The van der Waals surface area contributed by atoms with Crippen molar-refractivity contribution in [2.75, 3.05) is 13.1 Å². The predicted octanol–water partition coefficient (Wildman–Crippen LogP) is 0.397. The Hall–Kier alpha value is -2.63. The van der Waals surface area contributed by atoms with E-state index < -0.39 is 11.8 Å². The molecule has 0 aliphatic carbocycles. The number of nitrogens with two attached hydrogens (primary N) is 1. The molecule has 0 unspecified atom stereocenters. The summed E-state index contributed by atoms with van der Waals surface area (Å²) in [4.78, 5) is 28.0.